The minimum Gasteiger partial charge on any atom is -0.343 e. The summed E-state index contributed by atoms with van der Waals surface area (Å²) in [7, 11) is 0. The van der Waals surface area contributed by atoms with Crippen molar-refractivity contribution in [1.29, 1.82) is 0 Å². The second-order valence-electron chi connectivity index (χ2n) is 4.24. The van der Waals surface area contributed by atoms with Crippen LogP contribution in [0.25, 0.3) is 4.96 Å². The summed E-state index contributed by atoms with van der Waals surface area (Å²) in [6.45, 7) is 3.91. The van der Waals surface area contributed by atoms with Crippen LogP contribution in [0.5, 0.6) is 0 Å². The molecule has 3 heterocycles. The molecule has 5 nitrogen and oxygen atoms in total. The Kier molecular flexibility index (Phi) is 3.08. The first kappa shape index (κ1) is 12.3. The second-order valence-corrected chi connectivity index (χ2v) is 6.34. The molecule has 19 heavy (non-hydrogen) atoms. The molecule has 1 atom stereocenters. The Morgan fingerprint density at radius 2 is 2.32 bits per heavy atom. The fourth-order valence-electron chi connectivity index (χ4n) is 1.76. The number of thiophene rings is 1. The molecule has 0 aliphatic rings. The Morgan fingerprint density at radius 3 is 3.00 bits per heavy atom. The summed E-state index contributed by atoms with van der Waals surface area (Å²) in [6.07, 6.45) is 1.84. The van der Waals surface area contributed by atoms with Gasteiger partial charge in [0.05, 0.1) is 22.8 Å². The highest BCUT2D eigenvalue weighted by Crippen LogP contribution is 2.18. The van der Waals surface area contributed by atoms with Crippen LogP contribution in [-0.4, -0.2) is 20.5 Å². The normalized spacial score (nSPS) is 12.7. The van der Waals surface area contributed by atoms with Crippen LogP contribution in [0.2, 0.25) is 0 Å². The zero-order chi connectivity index (χ0) is 13.4. The minimum atomic E-state index is -0.135. The van der Waals surface area contributed by atoms with Gasteiger partial charge in [-0.15, -0.1) is 11.3 Å². The number of hydrogen-bond donors (Lipinski definition) is 1. The van der Waals surface area contributed by atoms with Gasteiger partial charge in [0, 0.05) is 4.88 Å². The number of hydrogen-bond acceptors (Lipinski definition) is 5. The topological polar surface area (TPSA) is 59.3 Å². The third kappa shape index (κ3) is 2.39. The van der Waals surface area contributed by atoms with Crippen molar-refractivity contribution in [2.75, 3.05) is 0 Å². The number of carbonyl (C=O) groups excluding carboxylic acids is 1. The lowest BCUT2D eigenvalue weighted by atomic mass is 10.2. The molecule has 98 valence electrons. The van der Waals surface area contributed by atoms with Crippen LogP contribution < -0.4 is 5.32 Å². The maximum atomic E-state index is 12.0. The summed E-state index contributed by atoms with van der Waals surface area (Å²) in [5.74, 6) is -0.0603. The third-order valence-corrected chi connectivity index (χ3v) is 4.45. The van der Waals surface area contributed by atoms with Crippen LogP contribution >= 0.6 is 22.7 Å². The molecule has 1 N–H and O–H groups in total. The molecule has 3 rings (SSSR count). The summed E-state index contributed by atoms with van der Waals surface area (Å²) in [4.78, 5) is 19.2. The quantitative estimate of drug-likeness (QED) is 0.807. The van der Waals surface area contributed by atoms with Gasteiger partial charge in [-0.05, 0) is 26.0 Å². The van der Waals surface area contributed by atoms with E-state index in [0.717, 1.165) is 20.4 Å². The predicted octanol–water partition coefficient (Wildman–Crippen LogP) is 2.65. The number of amides is 1. The molecule has 3 aromatic heterocycles. The molecule has 0 bridgehead atoms. The molecular formula is C12H12N4OS2. The first-order valence-corrected chi connectivity index (χ1v) is 7.49. The number of imidazole rings is 1. The van der Waals surface area contributed by atoms with Crippen molar-refractivity contribution in [3.8, 4) is 0 Å². The second kappa shape index (κ2) is 4.75. The van der Waals surface area contributed by atoms with E-state index < -0.39 is 0 Å². The average molecular weight is 292 g/mol. The molecule has 3 aromatic rings. The van der Waals surface area contributed by atoms with Gasteiger partial charge in [-0.1, -0.05) is 11.3 Å². The number of nitrogens with one attached hydrogen (secondary N) is 1. The van der Waals surface area contributed by atoms with Crippen LogP contribution in [0.4, 0.5) is 0 Å². The molecule has 0 aliphatic carbocycles. The summed E-state index contributed by atoms with van der Waals surface area (Å²) in [5.41, 5.74) is 2.56. The van der Waals surface area contributed by atoms with Crippen molar-refractivity contribution >= 4 is 33.5 Å². The first-order valence-electron chi connectivity index (χ1n) is 5.79. The van der Waals surface area contributed by atoms with Gasteiger partial charge in [0.25, 0.3) is 5.91 Å². The van der Waals surface area contributed by atoms with E-state index in [2.05, 4.69) is 15.4 Å². The molecule has 0 aromatic carbocycles. The number of nitrogens with zero attached hydrogens (tertiary/aromatic N) is 3. The van der Waals surface area contributed by atoms with Gasteiger partial charge in [-0.25, -0.2) is 9.50 Å². The van der Waals surface area contributed by atoms with E-state index >= 15 is 0 Å². The van der Waals surface area contributed by atoms with Gasteiger partial charge in [-0.3, -0.25) is 4.79 Å². The molecule has 0 aliphatic heterocycles. The summed E-state index contributed by atoms with van der Waals surface area (Å²) in [5, 5.41) is 7.07. The molecule has 0 spiro atoms. The zero-order valence-corrected chi connectivity index (χ0v) is 12.1. The highest BCUT2D eigenvalue weighted by atomic mass is 32.1. The van der Waals surface area contributed by atoms with Crippen molar-refractivity contribution in [3.05, 3.63) is 39.3 Å². The van der Waals surface area contributed by atoms with E-state index in [9.17, 15) is 4.79 Å². The maximum Gasteiger partial charge on any atom is 0.261 e. The van der Waals surface area contributed by atoms with Crippen molar-refractivity contribution in [1.82, 2.24) is 19.9 Å². The highest BCUT2D eigenvalue weighted by molar-refractivity contribution is 7.14. The number of aryl methyl sites for hydroxylation is 1. The number of fused-ring (bicyclic) bond motifs is 1. The number of carbonyl (C=O) groups is 1. The molecule has 1 unspecified atom stereocenters. The van der Waals surface area contributed by atoms with Gasteiger partial charge in [0.1, 0.15) is 5.51 Å². The van der Waals surface area contributed by atoms with Crippen LogP contribution in [0.3, 0.4) is 0 Å². The van der Waals surface area contributed by atoms with E-state index in [0.29, 0.717) is 0 Å². The van der Waals surface area contributed by atoms with Crippen LogP contribution in [0.1, 0.15) is 33.2 Å². The van der Waals surface area contributed by atoms with Crippen LogP contribution in [0.15, 0.2) is 23.8 Å². The monoisotopic (exact) mass is 292 g/mol. The molecule has 1 amide bonds. The van der Waals surface area contributed by atoms with E-state index in [1.807, 2.05) is 32.2 Å². The lowest BCUT2D eigenvalue weighted by molar-refractivity contribution is 0.0943. The Hall–Kier alpha value is -1.73. The lowest BCUT2D eigenvalue weighted by Gasteiger charge is -2.10. The van der Waals surface area contributed by atoms with Crippen molar-refractivity contribution < 1.29 is 4.79 Å². The SMILES string of the molecule is Cc1ccc(C(=O)NC(C)c2cn3ncsc3n2)s1. The Bertz CT molecular complexity index is 698. The summed E-state index contributed by atoms with van der Waals surface area (Å²) < 4.78 is 1.72. The average Bonchev–Trinajstić information content (AvgIpc) is 3.02. The number of aromatic nitrogens is 3. The fourth-order valence-corrected chi connectivity index (χ4v) is 3.14. The van der Waals surface area contributed by atoms with E-state index in [1.165, 1.54) is 22.7 Å². The Morgan fingerprint density at radius 1 is 1.47 bits per heavy atom. The van der Waals surface area contributed by atoms with E-state index in [1.54, 1.807) is 10.0 Å². The zero-order valence-electron chi connectivity index (χ0n) is 10.5. The molecule has 0 radical (unpaired) electrons. The standard InChI is InChI=1S/C12H12N4OS2/c1-7-3-4-10(19-7)11(17)14-8(2)9-5-16-12(15-9)18-6-13-16/h3-6,8H,1-2H3,(H,14,17). The summed E-state index contributed by atoms with van der Waals surface area (Å²) >= 11 is 2.97. The highest BCUT2D eigenvalue weighted by Gasteiger charge is 2.16. The van der Waals surface area contributed by atoms with E-state index in [-0.39, 0.29) is 11.9 Å². The Balaban J connectivity index is 1.75. The van der Waals surface area contributed by atoms with Crippen LogP contribution in [-0.2, 0) is 0 Å². The first-order chi connectivity index (χ1) is 9.13. The fraction of sp³-hybridized carbons (Fsp3) is 0.250. The lowest BCUT2D eigenvalue weighted by Crippen LogP contribution is -2.26. The van der Waals surface area contributed by atoms with Gasteiger partial charge in [0.15, 0.2) is 0 Å². The molecule has 0 fully saturated rings. The van der Waals surface area contributed by atoms with Crippen molar-refractivity contribution in [2.45, 2.75) is 19.9 Å². The molecule has 0 saturated carbocycles. The molecule has 7 heteroatoms. The number of rotatable bonds is 3. The minimum absolute atomic E-state index is 0.0603. The predicted molar refractivity (Wildman–Crippen MR) is 75.8 cm³/mol. The largest absolute Gasteiger partial charge is 0.343 e. The maximum absolute atomic E-state index is 12.0. The molecule has 0 saturated heterocycles. The van der Waals surface area contributed by atoms with E-state index in [4.69, 9.17) is 0 Å². The summed E-state index contributed by atoms with van der Waals surface area (Å²) in [6, 6.07) is 3.65. The van der Waals surface area contributed by atoms with Gasteiger partial charge >= 0.3 is 0 Å². The van der Waals surface area contributed by atoms with Gasteiger partial charge < -0.3 is 5.32 Å². The van der Waals surface area contributed by atoms with Crippen molar-refractivity contribution in [2.24, 2.45) is 0 Å². The van der Waals surface area contributed by atoms with Gasteiger partial charge in [-0.2, -0.15) is 5.10 Å². The Labute approximate surface area is 117 Å². The van der Waals surface area contributed by atoms with Crippen molar-refractivity contribution in [3.63, 3.8) is 0 Å². The molecular weight excluding hydrogens is 280 g/mol. The third-order valence-electron chi connectivity index (χ3n) is 2.76. The van der Waals surface area contributed by atoms with Gasteiger partial charge in [0.2, 0.25) is 4.96 Å². The smallest absolute Gasteiger partial charge is 0.261 e. The van der Waals surface area contributed by atoms with Crippen LogP contribution in [0, 0.1) is 6.92 Å².